The third kappa shape index (κ3) is 4.97. The van der Waals surface area contributed by atoms with Crippen molar-refractivity contribution < 1.29 is 8.42 Å². The van der Waals surface area contributed by atoms with Gasteiger partial charge in [0.15, 0.2) is 0 Å². The standard InChI is InChI=1S/C22H31NO2SSi/c1-8-20(27(5,6)7)21(19-12-10-9-11-13-19)23-26(24,25)22-17(3)14-16(2)15-18(22)4/h8-15,21,23H,1-7H3/b20-8-. The third-order valence-corrected chi connectivity index (χ3v) is 8.80. The molecule has 0 amide bonds. The van der Waals surface area contributed by atoms with Crippen molar-refractivity contribution in [3.05, 3.63) is 76.0 Å². The van der Waals surface area contributed by atoms with E-state index in [1.54, 1.807) is 0 Å². The van der Waals surface area contributed by atoms with Gasteiger partial charge in [-0.15, -0.1) is 0 Å². The van der Waals surface area contributed by atoms with E-state index >= 15 is 0 Å². The van der Waals surface area contributed by atoms with Crippen molar-refractivity contribution in [1.29, 1.82) is 0 Å². The minimum absolute atomic E-state index is 0.354. The molecule has 1 unspecified atom stereocenters. The monoisotopic (exact) mass is 401 g/mol. The van der Waals surface area contributed by atoms with Crippen LogP contribution in [0.25, 0.3) is 0 Å². The molecule has 2 aromatic rings. The quantitative estimate of drug-likeness (QED) is 0.654. The number of aryl methyl sites for hydroxylation is 3. The first-order valence-electron chi connectivity index (χ1n) is 9.29. The minimum atomic E-state index is -3.67. The summed E-state index contributed by atoms with van der Waals surface area (Å²) in [5.74, 6) is 0. The number of rotatable bonds is 6. The van der Waals surface area contributed by atoms with E-state index in [4.69, 9.17) is 0 Å². The van der Waals surface area contributed by atoms with Gasteiger partial charge in [-0.25, -0.2) is 8.42 Å². The summed E-state index contributed by atoms with van der Waals surface area (Å²) in [5.41, 5.74) is 3.60. The lowest BCUT2D eigenvalue weighted by molar-refractivity contribution is 0.571. The number of nitrogens with one attached hydrogen (secondary N) is 1. The second kappa shape index (κ2) is 8.13. The van der Waals surface area contributed by atoms with Crippen molar-refractivity contribution >= 4 is 18.1 Å². The Kier molecular flexibility index (Phi) is 6.50. The average molecular weight is 402 g/mol. The van der Waals surface area contributed by atoms with E-state index in [9.17, 15) is 8.42 Å². The molecule has 0 bridgehead atoms. The molecule has 146 valence electrons. The van der Waals surface area contributed by atoms with Crippen LogP contribution in [0.5, 0.6) is 0 Å². The summed E-state index contributed by atoms with van der Waals surface area (Å²) in [7, 11) is -5.40. The largest absolute Gasteiger partial charge is 0.241 e. The van der Waals surface area contributed by atoms with Gasteiger partial charge >= 0.3 is 0 Å². The van der Waals surface area contributed by atoms with Crippen molar-refractivity contribution in [2.75, 3.05) is 0 Å². The van der Waals surface area contributed by atoms with Gasteiger partial charge in [0.2, 0.25) is 10.0 Å². The summed E-state index contributed by atoms with van der Waals surface area (Å²) in [4.78, 5) is 0.389. The molecule has 0 aliphatic heterocycles. The molecular weight excluding hydrogens is 370 g/mol. The Bertz CT molecular complexity index is 919. The van der Waals surface area contributed by atoms with Crippen molar-refractivity contribution in [2.45, 2.75) is 58.3 Å². The SMILES string of the molecule is C/C=C(/C(NS(=O)(=O)c1c(C)cc(C)cc1C)c1ccccc1)[Si](C)(C)C. The molecule has 2 rings (SSSR count). The van der Waals surface area contributed by atoms with Crippen LogP contribution in [0.3, 0.4) is 0 Å². The Balaban J connectivity index is 2.59. The fourth-order valence-electron chi connectivity index (χ4n) is 3.79. The Morgan fingerprint density at radius 3 is 1.96 bits per heavy atom. The Morgan fingerprint density at radius 1 is 1.00 bits per heavy atom. The summed E-state index contributed by atoms with van der Waals surface area (Å²) in [6.07, 6.45) is 2.08. The maximum Gasteiger partial charge on any atom is 0.241 e. The maximum absolute atomic E-state index is 13.4. The van der Waals surface area contributed by atoms with Crippen LogP contribution in [-0.2, 0) is 10.0 Å². The number of benzene rings is 2. The predicted molar refractivity (Wildman–Crippen MR) is 117 cm³/mol. The van der Waals surface area contributed by atoms with E-state index in [1.807, 2.05) is 70.2 Å². The zero-order chi connectivity index (χ0) is 20.4. The topological polar surface area (TPSA) is 46.2 Å². The molecule has 3 nitrogen and oxygen atoms in total. The van der Waals surface area contributed by atoms with Crippen LogP contribution < -0.4 is 4.72 Å². The van der Waals surface area contributed by atoms with Crippen LogP contribution in [0.15, 0.2) is 58.6 Å². The van der Waals surface area contributed by atoms with Crippen LogP contribution in [0.2, 0.25) is 19.6 Å². The van der Waals surface area contributed by atoms with E-state index in [0.29, 0.717) is 4.90 Å². The fourth-order valence-corrected chi connectivity index (χ4v) is 7.53. The molecule has 2 aromatic carbocycles. The number of hydrogen-bond donors (Lipinski definition) is 1. The molecule has 0 aromatic heterocycles. The summed E-state index contributed by atoms with van der Waals surface area (Å²) < 4.78 is 29.8. The molecule has 0 radical (unpaired) electrons. The van der Waals surface area contributed by atoms with Gasteiger partial charge < -0.3 is 0 Å². The molecule has 0 heterocycles. The highest BCUT2D eigenvalue weighted by atomic mass is 32.2. The van der Waals surface area contributed by atoms with Gasteiger partial charge in [0.1, 0.15) is 0 Å². The Hall–Kier alpha value is -1.69. The third-order valence-electron chi connectivity index (χ3n) is 4.77. The van der Waals surface area contributed by atoms with Crippen molar-refractivity contribution in [3.8, 4) is 0 Å². The lowest BCUT2D eigenvalue weighted by Gasteiger charge is -2.30. The highest BCUT2D eigenvalue weighted by Crippen LogP contribution is 2.32. The Labute approximate surface area is 165 Å². The molecule has 0 aliphatic rings. The second-order valence-electron chi connectivity index (χ2n) is 8.19. The maximum atomic E-state index is 13.4. The van der Waals surface area contributed by atoms with Gasteiger partial charge in [-0.3, -0.25) is 0 Å². The minimum Gasteiger partial charge on any atom is -0.207 e. The Morgan fingerprint density at radius 2 is 1.52 bits per heavy atom. The second-order valence-corrected chi connectivity index (χ2v) is 14.9. The summed E-state index contributed by atoms with van der Waals surface area (Å²) in [6.45, 7) is 14.4. The number of allylic oxidation sites excluding steroid dienone is 1. The number of sulfonamides is 1. The molecule has 1 N–H and O–H groups in total. The van der Waals surface area contributed by atoms with Crippen molar-refractivity contribution in [2.24, 2.45) is 0 Å². The van der Waals surface area contributed by atoms with Crippen LogP contribution in [0, 0.1) is 20.8 Å². The molecule has 0 aliphatic carbocycles. The van der Waals surface area contributed by atoms with Crippen LogP contribution >= 0.6 is 0 Å². The first-order valence-corrected chi connectivity index (χ1v) is 14.3. The van der Waals surface area contributed by atoms with Gasteiger partial charge in [0, 0.05) is 0 Å². The molecule has 0 fully saturated rings. The van der Waals surface area contributed by atoms with Crippen LogP contribution in [-0.4, -0.2) is 16.5 Å². The van der Waals surface area contributed by atoms with Crippen LogP contribution in [0.4, 0.5) is 0 Å². The normalized spacial score (nSPS) is 14.3. The zero-order valence-corrected chi connectivity index (χ0v) is 19.2. The summed E-state index contributed by atoms with van der Waals surface area (Å²) in [5, 5.41) is 1.18. The van der Waals surface area contributed by atoms with Gasteiger partial charge in [0.05, 0.1) is 19.0 Å². The predicted octanol–water partition coefficient (Wildman–Crippen LogP) is 5.46. The summed E-state index contributed by atoms with van der Waals surface area (Å²) >= 11 is 0. The van der Waals surface area contributed by atoms with Crippen molar-refractivity contribution in [1.82, 2.24) is 4.72 Å². The molecule has 5 heteroatoms. The van der Waals surface area contributed by atoms with Crippen LogP contribution in [0.1, 0.15) is 35.2 Å². The molecule has 0 saturated carbocycles. The van der Waals surface area contributed by atoms with Gasteiger partial charge in [-0.05, 0) is 44.4 Å². The highest BCUT2D eigenvalue weighted by Gasteiger charge is 2.32. The van der Waals surface area contributed by atoms with E-state index in [2.05, 4.69) is 30.4 Å². The van der Waals surface area contributed by atoms with Gasteiger partial charge in [-0.1, -0.05) is 78.9 Å². The lowest BCUT2D eigenvalue weighted by Crippen LogP contribution is -2.38. The fraction of sp³-hybridized carbons (Fsp3) is 0.364. The molecule has 1 atom stereocenters. The van der Waals surface area contributed by atoms with Gasteiger partial charge in [0.25, 0.3) is 0 Å². The molecule has 0 spiro atoms. The van der Waals surface area contributed by atoms with E-state index < -0.39 is 18.1 Å². The molecular formula is C22H31NO2SSi. The zero-order valence-electron chi connectivity index (χ0n) is 17.4. The smallest absolute Gasteiger partial charge is 0.207 e. The van der Waals surface area contributed by atoms with E-state index in [1.165, 1.54) is 5.20 Å². The first kappa shape index (κ1) is 21.6. The van der Waals surface area contributed by atoms with E-state index in [-0.39, 0.29) is 6.04 Å². The average Bonchev–Trinajstić information content (AvgIpc) is 2.52. The van der Waals surface area contributed by atoms with Crippen molar-refractivity contribution in [3.63, 3.8) is 0 Å². The van der Waals surface area contributed by atoms with Gasteiger partial charge in [-0.2, -0.15) is 4.72 Å². The highest BCUT2D eigenvalue weighted by molar-refractivity contribution is 7.89. The lowest BCUT2D eigenvalue weighted by atomic mass is 10.1. The first-order chi connectivity index (χ1) is 12.5. The molecule has 0 saturated heterocycles. The van der Waals surface area contributed by atoms with E-state index in [0.717, 1.165) is 22.3 Å². The molecule has 27 heavy (non-hydrogen) atoms. The number of hydrogen-bond acceptors (Lipinski definition) is 2. The summed E-state index contributed by atoms with van der Waals surface area (Å²) in [6, 6.07) is 13.3.